The minimum atomic E-state index is -0.695. The van der Waals surface area contributed by atoms with Crippen LogP contribution in [-0.2, 0) is 11.3 Å². The lowest BCUT2D eigenvalue weighted by molar-refractivity contribution is -0.143. The molecule has 1 fully saturated rings. The average molecular weight is 244 g/mol. The summed E-state index contributed by atoms with van der Waals surface area (Å²) in [7, 11) is 0. The molecule has 1 saturated heterocycles. The van der Waals surface area contributed by atoms with E-state index >= 15 is 0 Å². The summed E-state index contributed by atoms with van der Waals surface area (Å²) in [5.41, 5.74) is 1.78. The Morgan fingerprint density at radius 3 is 2.78 bits per heavy atom. The summed E-state index contributed by atoms with van der Waals surface area (Å²) in [5.74, 6) is -0.934. The normalized spacial score (nSPS) is 20.3. The van der Waals surface area contributed by atoms with Crippen molar-refractivity contribution in [1.29, 1.82) is 5.26 Å². The number of hydrogen-bond acceptors (Lipinski definition) is 3. The summed E-state index contributed by atoms with van der Waals surface area (Å²) in [6.45, 7) is 2.33. The van der Waals surface area contributed by atoms with Crippen molar-refractivity contribution in [2.45, 2.75) is 19.4 Å². The van der Waals surface area contributed by atoms with E-state index in [1.54, 1.807) is 12.1 Å². The van der Waals surface area contributed by atoms with Gasteiger partial charge in [0.15, 0.2) is 0 Å². The molecule has 0 unspecified atom stereocenters. The summed E-state index contributed by atoms with van der Waals surface area (Å²) in [4.78, 5) is 13.1. The van der Waals surface area contributed by atoms with E-state index in [9.17, 15) is 4.79 Å². The van der Waals surface area contributed by atoms with Gasteiger partial charge < -0.3 is 5.11 Å². The summed E-state index contributed by atoms with van der Waals surface area (Å²) in [6, 6.07) is 9.55. The predicted molar refractivity (Wildman–Crippen MR) is 66.8 cm³/mol. The van der Waals surface area contributed by atoms with E-state index in [0.717, 1.165) is 31.5 Å². The lowest BCUT2D eigenvalue weighted by atomic mass is 9.98. The van der Waals surface area contributed by atoms with E-state index in [-0.39, 0.29) is 5.92 Å². The molecule has 0 amide bonds. The van der Waals surface area contributed by atoms with Crippen LogP contribution in [0, 0.1) is 17.2 Å². The topological polar surface area (TPSA) is 64.3 Å². The third-order valence-electron chi connectivity index (χ3n) is 3.34. The Morgan fingerprint density at radius 1 is 1.44 bits per heavy atom. The molecule has 1 aromatic carbocycles. The molecule has 1 heterocycles. The largest absolute Gasteiger partial charge is 0.481 e. The number of piperidine rings is 1. The van der Waals surface area contributed by atoms with Gasteiger partial charge >= 0.3 is 5.97 Å². The molecule has 1 aromatic rings. The van der Waals surface area contributed by atoms with Crippen LogP contribution in [0.2, 0.25) is 0 Å². The second kappa shape index (κ2) is 5.65. The summed E-state index contributed by atoms with van der Waals surface area (Å²) in [5, 5.41) is 17.7. The van der Waals surface area contributed by atoms with Crippen LogP contribution in [0.3, 0.4) is 0 Å². The zero-order valence-corrected chi connectivity index (χ0v) is 10.2. The Hall–Kier alpha value is -1.86. The molecule has 4 nitrogen and oxygen atoms in total. The van der Waals surface area contributed by atoms with E-state index in [1.165, 1.54) is 0 Å². The maximum absolute atomic E-state index is 11.0. The van der Waals surface area contributed by atoms with Crippen molar-refractivity contribution in [1.82, 2.24) is 4.90 Å². The van der Waals surface area contributed by atoms with Crippen molar-refractivity contribution in [2.75, 3.05) is 13.1 Å². The molecular weight excluding hydrogens is 228 g/mol. The third-order valence-corrected chi connectivity index (χ3v) is 3.34. The number of nitrogens with zero attached hydrogens (tertiary/aromatic N) is 2. The highest BCUT2D eigenvalue weighted by Gasteiger charge is 2.25. The van der Waals surface area contributed by atoms with Crippen LogP contribution in [0.1, 0.15) is 24.0 Å². The van der Waals surface area contributed by atoms with E-state index < -0.39 is 5.97 Å². The highest BCUT2D eigenvalue weighted by molar-refractivity contribution is 5.70. The number of likely N-dealkylation sites (tertiary alicyclic amines) is 1. The van der Waals surface area contributed by atoms with Crippen LogP contribution >= 0.6 is 0 Å². The zero-order valence-electron chi connectivity index (χ0n) is 10.2. The van der Waals surface area contributed by atoms with Crippen molar-refractivity contribution in [2.24, 2.45) is 5.92 Å². The number of carboxylic acid groups (broad SMARTS) is 1. The van der Waals surface area contributed by atoms with Crippen molar-refractivity contribution >= 4 is 5.97 Å². The molecule has 1 aliphatic heterocycles. The molecule has 0 aromatic heterocycles. The molecule has 1 N–H and O–H groups in total. The molecule has 0 saturated carbocycles. The van der Waals surface area contributed by atoms with Crippen molar-refractivity contribution in [3.05, 3.63) is 35.4 Å². The Balaban J connectivity index is 1.96. The molecule has 18 heavy (non-hydrogen) atoms. The van der Waals surface area contributed by atoms with Gasteiger partial charge in [-0.2, -0.15) is 5.26 Å². The first-order chi connectivity index (χ1) is 8.69. The van der Waals surface area contributed by atoms with Crippen LogP contribution in [0.5, 0.6) is 0 Å². The minimum Gasteiger partial charge on any atom is -0.481 e. The number of rotatable bonds is 3. The average Bonchev–Trinajstić information content (AvgIpc) is 2.40. The predicted octanol–water partition coefficient (Wildman–Crippen LogP) is 1.85. The van der Waals surface area contributed by atoms with Gasteiger partial charge in [-0.3, -0.25) is 9.69 Å². The van der Waals surface area contributed by atoms with E-state index in [2.05, 4.69) is 11.0 Å². The minimum absolute atomic E-state index is 0.239. The fraction of sp³-hybridized carbons (Fsp3) is 0.429. The number of carbonyl (C=O) groups is 1. The second-order valence-electron chi connectivity index (χ2n) is 4.72. The summed E-state index contributed by atoms with van der Waals surface area (Å²) < 4.78 is 0. The molecule has 1 atom stereocenters. The van der Waals surface area contributed by atoms with E-state index in [4.69, 9.17) is 10.4 Å². The number of nitriles is 1. The van der Waals surface area contributed by atoms with Gasteiger partial charge in [0.2, 0.25) is 0 Å². The number of aliphatic carboxylic acids is 1. The summed E-state index contributed by atoms with van der Waals surface area (Å²) >= 11 is 0. The summed E-state index contributed by atoms with van der Waals surface area (Å²) in [6.07, 6.45) is 1.71. The smallest absolute Gasteiger partial charge is 0.307 e. The Kier molecular flexibility index (Phi) is 3.96. The molecule has 1 aliphatic rings. The van der Waals surface area contributed by atoms with Crippen LogP contribution in [0.4, 0.5) is 0 Å². The zero-order chi connectivity index (χ0) is 13.0. The van der Waals surface area contributed by atoms with Gasteiger partial charge in [-0.25, -0.2) is 0 Å². The van der Waals surface area contributed by atoms with Crippen molar-refractivity contribution in [3.8, 4) is 6.07 Å². The fourth-order valence-corrected chi connectivity index (χ4v) is 2.34. The molecular formula is C14H16N2O2. The number of benzene rings is 1. The first-order valence-electron chi connectivity index (χ1n) is 6.13. The van der Waals surface area contributed by atoms with Crippen LogP contribution in [0.25, 0.3) is 0 Å². The fourth-order valence-electron chi connectivity index (χ4n) is 2.34. The van der Waals surface area contributed by atoms with Crippen LogP contribution in [0.15, 0.2) is 24.3 Å². The number of hydrogen-bond donors (Lipinski definition) is 1. The quantitative estimate of drug-likeness (QED) is 0.881. The van der Waals surface area contributed by atoms with Gasteiger partial charge in [-0.1, -0.05) is 12.1 Å². The van der Waals surface area contributed by atoms with Gasteiger partial charge in [0.1, 0.15) is 0 Å². The van der Waals surface area contributed by atoms with E-state index in [0.29, 0.717) is 12.1 Å². The molecule has 0 bridgehead atoms. The van der Waals surface area contributed by atoms with Crippen LogP contribution in [-0.4, -0.2) is 29.1 Å². The van der Waals surface area contributed by atoms with E-state index in [1.807, 2.05) is 12.1 Å². The lowest BCUT2D eigenvalue weighted by Gasteiger charge is -2.30. The molecule has 2 rings (SSSR count). The maximum Gasteiger partial charge on any atom is 0.307 e. The molecule has 94 valence electrons. The Morgan fingerprint density at radius 2 is 2.17 bits per heavy atom. The monoisotopic (exact) mass is 244 g/mol. The first kappa shape index (κ1) is 12.6. The number of carboxylic acids is 1. The van der Waals surface area contributed by atoms with Gasteiger partial charge in [-0.15, -0.1) is 0 Å². The SMILES string of the molecule is N#Cc1ccc(CN2CCC[C@@H](C(=O)O)C2)cc1. The van der Waals surface area contributed by atoms with Crippen LogP contribution < -0.4 is 0 Å². The van der Waals surface area contributed by atoms with Gasteiger partial charge in [0.05, 0.1) is 17.6 Å². The Bertz CT molecular complexity index is 462. The third kappa shape index (κ3) is 3.08. The van der Waals surface area contributed by atoms with Gasteiger partial charge in [0.25, 0.3) is 0 Å². The molecule has 4 heteroatoms. The maximum atomic E-state index is 11.0. The second-order valence-corrected chi connectivity index (χ2v) is 4.72. The standard InChI is InChI=1S/C14H16N2O2/c15-8-11-3-5-12(6-4-11)9-16-7-1-2-13(10-16)14(17)18/h3-6,13H,1-2,7,9-10H2,(H,17,18)/t13-/m1/s1. The molecule has 0 radical (unpaired) electrons. The highest BCUT2D eigenvalue weighted by Crippen LogP contribution is 2.18. The van der Waals surface area contributed by atoms with Crippen molar-refractivity contribution in [3.63, 3.8) is 0 Å². The van der Waals surface area contributed by atoms with Gasteiger partial charge in [-0.05, 0) is 37.1 Å². The Labute approximate surface area is 106 Å². The lowest BCUT2D eigenvalue weighted by Crippen LogP contribution is -2.38. The molecule has 0 spiro atoms. The van der Waals surface area contributed by atoms with Crippen molar-refractivity contribution < 1.29 is 9.90 Å². The molecule has 0 aliphatic carbocycles. The van der Waals surface area contributed by atoms with Gasteiger partial charge in [0, 0.05) is 13.1 Å². The first-order valence-corrected chi connectivity index (χ1v) is 6.13. The highest BCUT2D eigenvalue weighted by atomic mass is 16.4.